The summed E-state index contributed by atoms with van der Waals surface area (Å²) >= 11 is 0. The van der Waals surface area contributed by atoms with Gasteiger partial charge in [-0.2, -0.15) is 0 Å². The molecular formula is C17H23NO5. The molecule has 23 heavy (non-hydrogen) atoms. The van der Waals surface area contributed by atoms with E-state index in [1.165, 1.54) is 27.8 Å². The Bertz CT molecular complexity index is 563. The molecule has 2 saturated heterocycles. The van der Waals surface area contributed by atoms with E-state index >= 15 is 0 Å². The van der Waals surface area contributed by atoms with Crippen LogP contribution in [0.25, 0.3) is 0 Å². The summed E-state index contributed by atoms with van der Waals surface area (Å²) in [5.41, 5.74) is 0.413. The summed E-state index contributed by atoms with van der Waals surface area (Å²) in [4.78, 5) is 14.9. The first-order chi connectivity index (χ1) is 11.2. The predicted octanol–water partition coefficient (Wildman–Crippen LogP) is 2.11. The summed E-state index contributed by atoms with van der Waals surface area (Å²) in [7, 11) is 4.59. The number of benzene rings is 1. The molecule has 2 heterocycles. The van der Waals surface area contributed by atoms with Gasteiger partial charge < -0.3 is 18.9 Å². The molecule has 1 aromatic rings. The van der Waals surface area contributed by atoms with Gasteiger partial charge in [-0.3, -0.25) is 4.90 Å². The van der Waals surface area contributed by atoms with E-state index in [9.17, 15) is 4.79 Å². The van der Waals surface area contributed by atoms with Crippen molar-refractivity contribution in [2.75, 3.05) is 34.4 Å². The zero-order chi connectivity index (χ0) is 16.4. The summed E-state index contributed by atoms with van der Waals surface area (Å²) in [6.45, 7) is 2.13. The van der Waals surface area contributed by atoms with Crippen molar-refractivity contribution in [3.05, 3.63) is 17.7 Å². The molecule has 2 aliphatic heterocycles. The number of fused-ring (bicyclic) bond motifs is 1. The Labute approximate surface area is 136 Å². The van der Waals surface area contributed by atoms with Crippen LogP contribution in [0.3, 0.4) is 0 Å². The molecule has 2 aliphatic rings. The van der Waals surface area contributed by atoms with E-state index in [2.05, 4.69) is 4.90 Å². The Hall–Kier alpha value is -1.95. The Morgan fingerprint density at radius 2 is 1.74 bits per heavy atom. The summed E-state index contributed by atoms with van der Waals surface area (Å²) in [5.74, 6) is 1.03. The highest BCUT2D eigenvalue weighted by molar-refractivity contribution is 5.91. The van der Waals surface area contributed by atoms with Crippen molar-refractivity contribution in [2.45, 2.75) is 31.4 Å². The normalized spacial score (nSPS) is 23.4. The Morgan fingerprint density at radius 1 is 1.04 bits per heavy atom. The van der Waals surface area contributed by atoms with Crippen molar-refractivity contribution < 1.29 is 23.7 Å². The lowest BCUT2D eigenvalue weighted by Gasteiger charge is -2.21. The maximum absolute atomic E-state index is 12.5. The second kappa shape index (κ2) is 6.66. The van der Waals surface area contributed by atoms with Crippen LogP contribution in [0.4, 0.5) is 0 Å². The van der Waals surface area contributed by atoms with Crippen LogP contribution in [0, 0.1) is 0 Å². The summed E-state index contributed by atoms with van der Waals surface area (Å²) in [6.07, 6.45) is 3.17. The standard InChI is InChI=1S/C17H23NO5/c1-20-14-9-11(10-15(21-2)16(14)22-3)17(19)23-13-6-8-18-7-4-5-12(13)18/h9-10,12-13H,4-8H2,1-3H3/t12-,13+/m1/s1. The fourth-order valence-corrected chi connectivity index (χ4v) is 3.58. The maximum Gasteiger partial charge on any atom is 0.338 e. The Morgan fingerprint density at radius 3 is 2.35 bits per heavy atom. The van der Waals surface area contributed by atoms with Gasteiger partial charge in [-0.05, 0) is 37.9 Å². The van der Waals surface area contributed by atoms with Crippen LogP contribution < -0.4 is 14.2 Å². The second-order valence-corrected chi connectivity index (χ2v) is 5.89. The first kappa shape index (κ1) is 15.9. The minimum atomic E-state index is -0.344. The molecule has 0 radical (unpaired) electrons. The van der Waals surface area contributed by atoms with Crippen molar-refractivity contribution in [3.63, 3.8) is 0 Å². The van der Waals surface area contributed by atoms with Crippen LogP contribution in [0.1, 0.15) is 29.6 Å². The van der Waals surface area contributed by atoms with Gasteiger partial charge in [-0.25, -0.2) is 4.79 Å². The number of hydrogen-bond acceptors (Lipinski definition) is 6. The number of methoxy groups -OCH3 is 3. The number of carbonyl (C=O) groups excluding carboxylic acids is 1. The van der Waals surface area contributed by atoms with Gasteiger partial charge >= 0.3 is 5.97 Å². The van der Waals surface area contributed by atoms with E-state index < -0.39 is 0 Å². The Balaban J connectivity index is 1.79. The minimum absolute atomic E-state index is 0.0240. The number of esters is 1. The van der Waals surface area contributed by atoms with Gasteiger partial charge in [-0.15, -0.1) is 0 Å². The maximum atomic E-state index is 12.5. The average Bonchev–Trinajstić information content (AvgIpc) is 3.18. The van der Waals surface area contributed by atoms with E-state index in [-0.39, 0.29) is 12.1 Å². The van der Waals surface area contributed by atoms with Crippen molar-refractivity contribution >= 4 is 5.97 Å². The van der Waals surface area contributed by atoms with Crippen LogP contribution >= 0.6 is 0 Å². The van der Waals surface area contributed by atoms with Crippen molar-refractivity contribution in [1.82, 2.24) is 4.90 Å². The molecule has 0 saturated carbocycles. The molecule has 2 fully saturated rings. The first-order valence-corrected chi connectivity index (χ1v) is 7.93. The van der Waals surface area contributed by atoms with Crippen molar-refractivity contribution in [3.8, 4) is 17.2 Å². The molecule has 126 valence electrons. The summed E-state index contributed by atoms with van der Waals surface area (Å²) in [5, 5.41) is 0. The largest absolute Gasteiger partial charge is 0.493 e. The molecule has 0 aromatic heterocycles. The SMILES string of the molecule is COc1cc(C(=O)O[C@H]2CCN3CCC[C@H]23)cc(OC)c1OC. The fraction of sp³-hybridized carbons (Fsp3) is 0.588. The molecule has 0 bridgehead atoms. The third-order valence-electron chi connectivity index (χ3n) is 4.70. The van der Waals surface area contributed by atoms with E-state index in [0.29, 0.717) is 28.9 Å². The van der Waals surface area contributed by atoms with Gasteiger partial charge in [0.25, 0.3) is 0 Å². The van der Waals surface area contributed by atoms with Gasteiger partial charge in [-0.1, -0.05) is 0 Å². The molecule has 0 aliphatic carbocycles. The fourth-order valence-electron chi connectivity index (χ4n) is 3.58. The van der Waals surface area contributed by atoms with E-state index in [4.69, 9.17) is 18.9 Å². The van der Waals surface area contributed by atoms with E-state index in [1.807, 2.05) is 0 Å². The van der Waals surface area contributed by atoms with Gasteiger partial charge in [0.15, 0.2) is 11.5 Å². The first-order valence-electron chi connectivity index (χ1n) is 7.93. The van der Waals surface area contributed by atoms with Crippen LogP contribution in [0.5, 0.6) is 17.2 Å². The molecule has 1 aromatic carbocycles. The average molecular weight is 321 g/mol. The van der Waals surface area contributed by atoms with Crippen LogP contribution in [0.2, 0.25) is 0 Å². The van der Waals surface area contributed by atoms with Gasteiger partial charge in [0.05, 0.1) is 26.9 Å². The molecule has 0 spiro atoms. The van der Waals surface area contributed by atoms with Crippen molar-refractivity contribution in [2.24, 2.45) is 0 Å². The van der Waals surface area contributed by atoms with Gasteiger partial charge in [0, 0.05) is 12.6 Å². The molecule has 2 atom stereocenters. The lowest BCUT2D eigenvalue weighted by Crippen LogP contribution is -2.32. The van der Waals surface area contributed by atoms with Gasteiger partial charge in [0.1, 0.15) is 6.10 Å². The molecule has 3 rings (SSSR count). The van der Waals surface area contributed by atoms with Crippen molar-refractivity contribution in [1.29, 1.82) is 0 Å². The number of carbonyl (C=O) groups is 1. The third-order valence-corrected chi connectivity index (χ3v) is 4.70. The topological polar surface area (TPSA) is 57.2 Å². The van der Waals surface area contributed by atoms with Gasteiger partial charge in [0.2, 0.25) is 5.75 Å². The predicted molar refractivity (Wildman–Crippen MR) is 84.5 cm³/mol. The lowest BCUT2D eigenvalue weighted by molar-refractivity contribution is 0.0236. The number of rotatable bonds is 5. The number of nitrogens with zero attached hydrogens (tertiary/aromatic N) is 1. The number of hydrogen-bond donors (Lipinski definition) is 0. The van der Waals surface area contributed by atoms with E-state index in [1.54, 1.807) is 12.1 Å². The number of ether oxygens (including phenoxy) is 4. The van der Waals surface area contributed by atoms with E-state index in [0.717, 1.165) is 25.9 Å². The second-order valence-electron chi connectivity index (χ2n) is 5.89. The molecule has 0 amide bonds. The molecule has 0 unspecified atom stereocenters. The zero-order valence-electron chi connectivity index (χ0n) is 13.8. The highest BCUT2D eigenvalue weighted by atomic mass is 16.5. The third kappa shape index (κ3) is 2.95. The Kier molecular flexibility index (Phi) is 4.61. The van der Waals surface area contributed by atoms with Crippen LogP contribution in [-0.2, 0) is 4.74 Å². The van der Waals surface area contributed by atoms with Crippen LogP contribution in [-0.4, -0.2) is 57.4 Å². The molecule has 6 heteroatoms. The summed E-state index contributed by atoms with van der Waals surface area (Å²) < 4.78 is 21.6. The molecule has 0 N–H and O–H groups in total. The lowest BCUT2D eigenvalue weighted by atomic mass is 10.1. The quantitative estimate of drug-likeness (QED) is 0.774. The highest BCUT2D eigenvalue weighted by Crippen LogP contribution is 2.39. The zero-order valence-corrected chi connectivity index (χ0v) is 13.8. The minimum Gasteiger partial charge on any atom is -0.493 e. The van der Waals surface area contributed by atoms with Crippen LogP contribution in [0.15, 0.2) is 12.1 Å². The summed E-state index contributed by atoms with van der Waals surface area (Å²) in [6, 6.07) is 3.64. The highest BCUT2D eigenvalue weighted by Gasteiger charge is 2.39. The molecule has 6 nitrogen and oxygen atoms in total. The smallest absolute Gasteiger partial charge is 0.338 e. The monoisotopic (exact) mass is 321 g/mol. The molecular weight excluding hydrogens is 298 g/mol.